The highest BCUT2D eigenvalue weighted by atomic mass is 16.5. The third kappa shape index (κ3) is 7.56. The van der Waals surface area contributed by atoms with Crippen LogP contribution in [0.4, 0.5) is 0 Å². The molecule has 1 N–H and O–H groups in total. The van der Waals surface area contributed by atoms with Crippen molar-refractivity contribution in [2.24, 2.45) is 0 Å². The van der Waals surface area contributed by atoms with Crippen LogP contribution in [-0.4, -0.2) is 63.1 Å². The molecule has 0 aliphatic rings. The molecule has 0 unspecified atom stereocenters. The molecule has 8 heteroatoms. The fourth-order valence-corrected chi connectivity index (χ4v) is 2.03. The van der Waals surface area contributed by atoms with E-state index in [1.165, 1.54) is 26.0 Å². The summed E-state index contributed by atoms with van der Waals surface area (Å²) in [5, 5.41) is 2.61. The van der Waals surface area contributed by atoms with Gasteiger partial charge in [-0.1, -0.05) is 12.1 Å². The van der Waals surface area contributed by atoms with Crippen molar-refractivity contribution in [1.29, 1.82) is 0 Å². The van der Waals surface area contributed by atoms with Crippen molar-refractivity contribution in [3.63, 3.8) is 0 Å². The molecule has 0 fully saturated rings. The summed E-state index contributed by atoms with van der Waals surface area (Å²) >= 11 is 0. The van der Waals surface area contributed by atoms with Crippen LogP contribution in [-0.2, 0) is 19.1 Å². The SMILES string of the molecule is COC(=O)CCN(CCNC(C)=O)C(=O)COc1ccccc1OC. The highest BCUT2D eigenvalue weighted by molar-refractivity contribution is 5.79. The molecule has 0 saturated carbocycles. The van der Waals surface area contributed by atoms with E-state index in [1.54, 1.807) is 24.3 Å². The standard InChI is InChI=1S/C17H24N2O6/c1-13(20)18-9-11-19(10-8-17(22)24-3)16(21)12-25-15-7-5-4-6-14(15)23-2/h4-7H,8-12H2,1-3H3,(H,18,20). The normalized spacial score (nSPS) is 9.88. The Morgan fingerprint density at radius 1 is 1.08 bits per heavy atom. The number of amides is 2. The molecule has 0 spiro atoms. The molecule has 0 radical (unpaired) electrons. The summed E-state index contributed by atoms with van der Waals surface area (Å²) < 4.78 is 15.3. The van der Waals surface area contributed by atoms with Crippen LogP contribution in [0.3, 0.4) is 0 Å². The Labute approximate surface area is 147 Å². The fraction of sp³-hybridized carbons (Fsp3) is 0.471. The van der Waals surface area contributed by atoms with Crippen molar-refractivity contribution in [2.75, 3.05) is 40.5 Å². The topological polar surface area (TPSA) is 94.2 Å². The van der Waals surface area contributed by atoms with Gasteiger partial charge in [0.1, 0.15) is 0 Å². The maximum Gasteiger partial charge on any atom is 0.307 e. The first-order valence-electron chi connectivity index (χ1n) is 7.82. The van der Waals surface area contributed by atoms with Gasteiger partial charge in [-0.3, -0.25) is 14.4 Å². The summed E-state index contributed by atoms with van der Waals surface area (Å²) in [4.78, 5) is 36.1. The van der Waals surface area contributed by atoms with E-state index in [4.69, 9.17) is 9.47 Å². The number of methoxy groups -OCH3 is 2. The van der Waals surface area contributed by atoms with Crippen LogP contribution < -0.4 is 14.8 Å². The van der Waals surface area contributed by atoms with Crippen LogP contribution in [0.5, 0.6) is 11.5 Å². The van der Waals surface area contributed by atoms with Crippen molar-refractivity contribution < 1.29 is 28.6 Å². The smallest absolute Gasteiger partial charge is 0.307 e. The Hall–Kier alpha value is -2.77. The fourth-order valence-electron chi connectivity index (χ4n) is 2.03. The molecule has 0 aromatic heterocycles. The zero-order valence-corrected chi connectivity index (χ0v) is 14.7. The second kappa shape index (κ2) is 10.9. The van der Waals surface area contributed by atoms with Crippen LogP contribution in [0.2, 0.25) is 0 Å². The van der Waals surface area contributed by atoms with Gasteiger partial charge in [0.2, 0.25) is 5.91 Å². The van der Waals surface area contributed by atoms with Gasteiger partial charge in [-0.05, 0) is 12.1 Å². The first-order chi connectivity index (χ1) is 12.0. The zero-order valence-electron chi connectivity index (χ0n) is 14.7. The molecule has 1 aromatic rings. The van der Waals surface area contributed by atoms with E-state index in [0.717, 1.165) is 0 Å². The number of hydrogen-bond acceptors (Lipinski definition) is 6. The van der Waals surface area contributed by atoms with Gasteiger partial charge in [0.15, 0.2) is 18.1 Å². The molecule has 8 nitrogen and oxygen atoms in total. The van der Waals surface area contributed by atoms with Gasteiger partial charge in [0, 0.05) is 26.6 Å². The molecule has 2 amide bonds. The molecule has 0 aliphatic carbocycles. The van der Waals surface area contributed by atoms with Gasteiger partial charge >= 0.3 is 5.97 Å². The zero-order chi connectivity index (χ0) is 18.7. The van der Waals surface area contributed by atoms with Crippen molar-refractivity contribution in [1.82, 2.24) is 10.2 Å². The van der Waals surface area contributed by atoms with E-state index in [0.29, 0.717) is 11.5 Å². The van der Waals surface area contributed by atoms with E-state index in [-0.39, 0.29) is 44.5 Å². The summed E-state index contributed by atoms with van der Waals surface area (Å²) in [5.74, 6) is 0.0663. The Morgan fingerprint density at radius 3 is 2.36 bits per heavy atom. The monoisotopic (exact) mass is 352 g/mol. The number of carbonyl (C=O) groups is 3. The summed E-state index contributed by atoms with van der Waals surface area (Å²) in [5.41, 5.74) is 0. The van der Waals surface area contributed by atoms with E-state index < -0.39 is 5.97 Å². The van der Waals surface area contributed by atoms with E-state index in [1.807, 2.05) is 0 Å². The summed E-state index contributed by atoms with van der Waals surface area (Å²) in [6.45, 7) is 1.93. The minimum Gasteiger partial charge on any atom is -0.493 e. The van der Waals surface area contributed by atoms with Gasteiger partial charge in [0.05, 0.1) is 20.6 Å². The van der Waals surface area contributed by atoms with Gasteiger partial charge in [0.25, 0.3) is 5.91 Å². The molecule has 0 heterocycles. The third-order valence-corrected chi connectivity index (χ3v) is 3.34. The Bertz CT molecular complexity index is 590. The second-order valence-electron chi connectivity index (χ2n) is 5.13. The molecule has 1 aromatic carbocycles. The number of rotatable bonds is 10. The maximum absolute atomic E-state index is 12.4. The predicted molar refractivity (Wildman–Crippen MR) is 90.4 cm³/mol. The first-order valence-corrected chi connectivity index (χ1v) is 7.82. The lowest BCUT2D eigenvalue weighted by Gasteiger charge is -2.22. The third-order valence-electron chi connectivity index (χ3n) is 3.34. The number of para-hydroxylation sites is 2. The second-order valence-corrected chi connectivity index (χ2v) is 5.13. The number of nitrogens with zero attached hydrogens (tertiary/aromatic N) is 1. The molecule has 138 valence electrons. The lowest BCUT2D eigenvalue weighted by Crippen LogP contribution is -2.41. The van der Waals surface area contributed by atoms with Crippen LogP contribution in [0, 0.1) is 0 Å². The van der Waals surface area contributed by atoms with Crippen LogP contribution in [0.25, 0.3) is 0 Å². The number of nitrogens with one attached hydrogen (secondary N) is 1. The first kappa shape index (κ1) is 20.3. The summed E-state index contributed by atoms with van der Waals surface area (Å²) in [6, 6.07) is 6.99. The maximum atomic E-state index is 12.4. The van der Waals surface area contributed by atoms with Gasteiger partial charge in [-0.2, -0.15) is 0 Å². The molecule has 1 rings (SSSR count). The van der Waals surface area contributed by atoms with E-state index >= 15 is 0 Å². The van der Waals surface area contributed by atoms with Gasteiger partial charge < -0.3 is 24.4 Å². The van der Waals surface area contributed by atoms with E-state index in [2.05, 4.69) is 10.1 Å². The molecule has 0 atom stereocenters. The van der Waals surface area contributed by atoms with Crippen LogP contribution in [0.15, 0.2) is 24.3 Å². The Kier molecular flexibility index (Phi) is 8.84. The number of benzene rings is 1. The van der Waals surface area contributed by atoms with Crippen molar-refractivity contribution in [2.45, 2.75) is 13.3 Å². The molecule has 0 bridgehead atoms. The summed E-state index contributed by atoms with van der Waals surface area (Å²) in [6.07, 6.45) is 0.0664. The number of esters is 1. The Balaban J connectivity index is 2.63. The number of carbonyl (C=O) groups excluding carboxylic acids is 3. The van der Waals surface area contributed by atoms with Crippen molar-refractivity contribution >= 4 is 17.8 Å². The van der Waals surface area contributed by atoms with Crippen molar-refractivity contribution in [3.05, 3.63) is 24.3 Å². The van der Waals surface area contributed by atoms with Gasteiger partial charge in [-0.15, -0.1) is 0 Å². The van der Waals surface area contributed by atoms with Crippen LogP contribution in [0.1, 0.15) is 13.3 Å². The molecule has 0 saturated heterocycles. The average molecular weight is 352 g/mol. The predicted octanol–water partition coefficient (Wildman–Crippen LogP) is 0.602. The van der Waals surface area contributed by atoms with Crippen molar-refractivity contribution in [3.8, 4) is 11.5 Å². The van der Waals surface area contributed by atoms with Gasteiger partial charge in [-0.25, -0.2) is 0 Å². The minimum atomic E-state index is -0.414. The minimum absolute atomic E-state index is 0.0664. The molecule has 0 aliphatic heterocycles. The highest BCUT2D eigenvalue weighted by Gasteiger charge is 2.17. The quantitative estimate of drug-likeness (QED) is 0.620. The highest BCUT2D eigenvalue weighted by Crippen LogP contribution is 2.25. The molecular formula is C17H24N2O6. The Morgan fingerprint density at radius 2 is 1.76 bits per heavy atom. The lowest BCUT2D eigenvalue weighted by molar-refractivity contribution is -0.142. The number of hydrogen-bond donors (Lipinski definition) is 1. The average Bonchev–Trinajstić information content (AvgIpc) is 2.61. The van der Waals surface area contributed by atoms with Crippen LogP contribution >= 0.6 is 0 Å². The lowest BCUT2D eigenvalue weighted by atomic mass is 10.3. The largest absolute Gasteiger partial charge is 0.493 e. The van der Waals surface area contributed by atoms with E-state index in [9.17, 15) is 14.4 Å². The molecule has 25 heavy (non-hydrogen) atoms. The number of ether oxygens (including phenoxy) is 3. The molecular weight excluding hydrogens is 328 g/mol. The summed E-state index contributed by atoms with van der Waals surface area (Å²) in [7, 11) is 2.80.